The van der Waals surface area contributed by atoms with Crippen LogP contribution in [-0.4, -0.2) is 30.3 Å². The zero-order chi connectivity index (χ0) is 14.5. The van der Waals surface area contributed by atoms with Crippen molar-refractivity contribution in [2.75, 3.05) is 13.2 Å². The number of esters is 1. The largest absolute Gasteiger partial charge is 0.481 e. The van der Waals surface area contributed by atoms with Crippen molar-refractivity contribution in [1.29, 1.82) is 0 Å². The maximum atomic E-state index is 11.4. The molecule has 0 aliphatic carbocycles. The van der Waals surface area contributed by atoms with Crippen LogP contribution in [0.25, 0.3) is 10.8 Å². The van der Waals surface area contributed by atoms with E-state index in [2.05, 4.69) is 0 Å². The normalized spacial score (nSPS) is 10.2. The predicted molar refractivity (Wildman–Crippen MR) is 73.0 cm³/mol. The van der Waals surface area contributed by atoms with E-state index in [1.54, 1.807) is 31.2 Å². The lowest BCUT2D eigenvalue weighted by Gasteiger charge is -2.11. The first kappa shape index (κ1) is 13.9. The molecule has 2 rings (SSSR count). The van der Waals surface area contributed by atoms with Crippen LogP contribution in [0.5, 0.6) is 5.75 Å². The monoisotopic (exact) mass is 274 g/mol. The van der Waals surface area contributed by atoms with E-state index < -0.39 is 11.9 Å². The molecule has 0 spiro atoms. The molecule has 0 heterocycles. The standard InChI is InChI=1S/C15H14O5/c1-2-19-13(16)9-20-12-8-7-10-5-3-4-6-11(10)14(12)15(17)18/h3-8H,2,9H2,1H3,(H,17,18). The third-order valence-electron chi connectivity index (χ3n) is 2.76. The van der Waals surface area contributed by atoms with Gasteiger partial charge in [-0.05, 0) is 23.8 Å². The van der Waals surface area contributed by atoms with Gasteiger partial charge in [0, 0.05) is 0 Å². The lowest BCUT2D eigenvalue weighted by molar-refractivity contribution is -0.145. The molecule has 0 aliphatic heterocycles. The van der Waals surface area contributed by atoms with Crippen molar-refractivity contribution in [2.45, 2.75) is 6.92 Å². The first-order chi connectivity index (χ1) is 9.63. The van der Waals surface area contributed by atoms with Gasteiger partial charge in [0.15, 0.2) is 6.61 Å². The summed E-state index contributed by atoms with van der Waals surface area (Å²) in [6.45, 7) is 1.63. The Morgan fingerprint density at radius 2 is 1.90 bits per heavy atom. The Kier molecular flexibility index (Phi) is 4.20. The van der Waals surface area contributed by atoms with Crippen LogP contribution in [0.4, 0.5) is 0 Å². The van der Waals surface area contributed by atoms with Crippen molar-refractivity contribution >= 4 is 22.7 Å². The summed E-state index contributed by atoms with van der Waals surface area (Å²) in [5.41, 5.74) is 0.0485. The number of benzene rings is 2. The molecule has 0 saturated heterocycles. The Morgan fingerprint density at radius 3 is 2.60 bits per heavy atom. The molecule has 1 N–H and O–H groups in total. The summed E-state index contributed by atoms with van der Waals surface area (Å²) < 4.78 is 10.0. The molecule has 0 unspecified atom stereocenters. The third kappa shape index (κ3) is 2.88. The molecule has 20 heavy (non-hydrogen) atoms. The van der Waals surface area contributed by atoms with E-state index in [1.807, 2.05) is 12.1 Å². The van der Waals surface area contributed by atoms with E-state index in [9.17, 15) is 14.7 Å². The molecule has 2 aromatic rings. The predicted octanol–water partition coefficient (Wildman–Crippen LogP) is 2.48. The molecule has 0 aliphatic rings. The van der Waals surface area contributed by atoms with Crippen LogP contribution in [0, 0.1) is 0 Å². The fourth-order valence-electron chi connectivity index (χ4n) is 1.93. The van der Waals surface area contributed by atoms with E-state index >= 15 is 0 Å². The molecule has 2 aromatic carbocycles. The van der Waals surface area contributed by atoms with Gasteiger partial charge in [-0.3, -0.25) is 0 Å². The molecule has 0 amide bonds. The molecule has 0 atom stereocenters. The van der Waals surface area contributed by atoms with Crippen molar-refractivity contribution in [3.8, 4) is 5.75 Å². The molecule has 5 heteroatoms. The first-order valence-corrected chi connectivity index (χ1v) is 6.17. The van der Waals surface area contributed by atoms with Crippen LogP contribution in [0.1, 0.15) is 17.3 Å². The molecular weight excluding hydrogens is 260 g/mol. The van der Waals surface area contributed by atoms with E-state index in [0.29, 0.717) is 5.39 Å². The summed E-state index contributed by atoms with van der Waals surface area (Å²) in [5.74, 6) is -1.47. The highest BCUT2D eigenvalue weighted by atomic mass is 16.6. The highest BCUT2D eigenvalue weighted by Gasteiger charge is 2.16. The summed E-state index contributed by atoms with van der Waals surface area (Å²) in [7, 11) is 0. The molecular formula is C15H14O5. The van der Waals surface area contributed by atoms with Gasteiger partial charge in [0.2, 0.25) is 0 Å². The van der Waals surface area contributed by atoms with Gasteiger partial charge in [-0.15, -0.1) is 0 Å². The summed E-state index contributed by atoms with van der Waals surface area (Å²) in [4.78, 5) is 22.7. The van der Waals surface area contributed by atoms with Crippen molar-refractivity contribution in [3.63, 3.8) is 0 Å². The average molecular weight is 274 g/mol. The minimum Gasteiger partial charge on any atom is -0.481 e. The zero-order valence-corrected chi connectivity index (χ0v) is 11.0. The van der Waals surface area contributed by atoms with E-state index in [1.165, 1.54) is 0 Å². The van der Waals surface area contributed by atoms with Gasteiger partial charge in [0.25, 0.3) is 0 Å². The van der Waals surface area contributed by atoms with Crippen LogP contribution < -0.4 is 4.74 Å². The fraction of sp³-hybridized carbons (Fsp3) is 0.200. The van der Waals surface area contributed by atoms with Crippen molar-refractivity contribution < 1.29 is 24.2 Å². The van der Waals surface area contributed by atoms with Gasteiger partial charge >= 0.3 is 11.9 Å². The van der Waals surface area contributed by atoms with Gasteiger partial charge in [0.05, 0.1) is 6.61 Å². The Morgan fingerprint density at radius 1 is 1.15 bits per heavy atom. The molecule has 5 nitrogen and oxygen atoms in total. The van der Waals surface area contributed by atoms with Crippen molar-refractivity contribution in [3.05, 3.63) is 42.0 Å². The summed E-state index contributed by atoms with van der Waals surface area (Å²) in [6, 6.07) is 10.4. The zero-order valence-electron chi connectivity index (χ0n) is 11.0. The average Bonchev–Trinajstić information content (AvgIpc) is 2.44. The maximum Gasteiger partial charge on any atom is 0.344 e. The quantitative estimate of drug-likeness (QED) is 0.848. The Hall–Kier alpha value is -2.56. The van der Waals surface area contributed by atoms with Crippen LogP contribution in [0.2, 0.25) is 0 Å². The minimum absolute atomic E-state index is 0.0485. The van der Waals surface area contributed by atoms with Crippen molar-refractivity contribution in [2.24, 2.45) is 0 Å². The Bertz CT molecular complexity index is 648. The third-order valence-corrected chi connectivity index (χ3v) is 2.76. The number of carbonyl (C=O) groups excluding carboxylic acids is 1. The fourth-order valence-corrected chi connectivity index (χ4v) is 1.93. The number of rotatable bonds is 5. The van der Waals surface area contributed by atoms with E-state index in [0.717, 1.165) is 5.39 Å². The van der Waals surface area contributed by atoms with E-state index in [4.69, 9.17) is 9.47 Å². The van der Waals surface area contributed by atoms with Crippen LogP contribution in [0.15, 0.2) is 36.4 Å². The molecule has 0 aromatic heterocycles. The van der Waals surface area contributed by atoms with Crippen LogP contribution in [-0.2, 0) is 9.53 Å². The summed E-state index contributed by atoms with van der Waals surface area (Å²) in [6.07, 6.45) is 0. The van der Waals surface area contributed by atoms with Gasteiger partial charge < -0.3 is 14.6 Å². The Balaban J connectivity index is 2.35. The topological polar surface area (TPSA) is 72.8 Å². The highest BCUT2D eigenvalue weighted by Crippen LogP contribution is 2.28. The van der Waals surface area contributed by atoms with E-state index in [-0.39, 0.29) is 24.5 Å². The number of carboxylic acids is 1. The van der Waals surface area contributed by atoms with Gasteiger partial charge in [-0.2, -0.15) is 0 Å². The van der Waals surface area contributed by atoms with Crippen LogP contribution in [0.3, 0.4) is 0 Å². The lowest BCUT2D eigenvalue weighted by atomic mass is 10.0. The second-order valence-electron chi connectivity index (χ2n) is 4.06. The number of aromatic carboxylic acids is 1. The molecule has 0 bridgehead atoms. The van der Waals surface area contributed by atoms with Gasteiger partial charge in [-0.25, -0.2) is 9.59 Å². The molecule has 0 fully saturated rings. The van der Waals surface area contributed by atoms with Gasteiger partial charge in [-0.1, -0.05) is 30.3 Å². The second kappa shape index (κ2) is 6.06. The number of ether oxygens (including phenoxy) is 2. The second-order valence-corrected chi connectivity index (χ2v) is 4.06. The number of carbonyl (C=O) groups is 2. The highest BCUT2D eigenvalue weighted by molar-refractivity contribution is 6.06. The van der Waals surface area contributed by atoms with Crippen LogP contribution >= 0.6 is 0 Å². The lowest BCUT2D eigenvalue weighted by Crippen LogP contribution is -2.16. The number of carboxylic acid groups (broad SMARTS) is 1. The smallest absolute Gasteiger partial charge is 0.344 e. The molecule has 0 radical (unpaired) electrons. The van der Waals surface area contributed by atoms with Crippen molar-refractivity contribution in [1.82, 2.24) is 0 Å². The molecule has 104 valence electrons. The maximum absolute atomic E-state index is 11.4. The Labute approximate surface area is 115 Å². The SMILES string of the molecule is CCOC(=O)COc1ccc2ccccc2c1C(=O)O. The summed E-state index contributed by atoms with van der Waals surface area (Å²) in [5, 5.41) is 10.7. The van der Waals surface area contributed by atoms with Gasteiger partial charge in [0.1, 0.15) is 11.3 Å². The number of fused-ring (bicyclic) bond motifs is 1. The first-order valence-electron chi connectivity index (χ1n) is 6.17. The minimum atomic E-state index is -1.10. The summed E-state index contributed by atoms with van der Waals surface area (Å²) >= 11 is 0. The molecule has 0 saturated carbocycles. The number of hydrogen-bond donors (Lipinski definition) is 1. The number of hydrogen-bond acceptors (Lipinski definition) is 4.